The third-order valence-electron chi connectivity index (χ3n) is 5.01. The van der Waals surface area contributed by atoms with Crippen LogP contribution in [-0.4, -0.2) is 54.0 Å². The Morgan fingerprint density at radius 3 is 2.27 bits per heavy atom. The molecule has 1 fully saturated rings. The molecule has 0 saturated carbocycles. The summed E-state index contributed by atoms with van der Waals surface area (Å²) in [5, 5.41) is 3.08. The summed E-state index contributed by atoms with van der Waals surface area (Å²) in [5.74, 6) is 0.141. The summed E-state index contributed by atoms with van der Waals surface area (Å²) in [6, 6.07) is 8.29. The van der Waals surface area contributed by atoms with Gasteiger partial charge in [0.25, 0.3) is 0 Å². The SMILES string of the molecule is CCCCCC(C)NC(=O)N1CCN(C(=O)Cc2ccc(C)cc2)CC1. The predicted molar refractivity (Wildman–Crippen MR) is 105 cm³/mol. The molecular weight excluding hydrogens is 326 g/mol. The average molecular weight is 360 g/mol. The number of nitrogens with one attached hydrogen (secondary N) is 1. The molecule has 3 amide bonds. The minimum Gasteiger partial charge on any atom is -0.339 e. The predicted octanol–water partition coefficient (Wildman–Crippen LogP) is 3.36. The molecule has 1 N–H and O–H groups in total. The van der Waals surface area contributed by atoms with Gasteiger partial charge in [0.2, 0.25) is 5.91 Å². The van der Waals surface area contributed by atoms with Crippen LogP contribution in [0.15, 0.2) is 24.3 Å². The first-order valence-electron chi connectivity index (χ1n) is 9.88. The van der Waals surface area contributed by atoms with Crippen LogP contribution in [0.2, 0.25) is 0 Å². The second-order valence-corrected chi connectivity index (χ2v) is 7.38. The molecule has 144 valence electrons. The van der Waals surface area contributed by atoms with E-state index in [1.165, 1.54) is 18.4 Å². The highest BCUT2D eigenvalue weighted by Gasteiger charge is 2.24. The van der Waals surface area contributed by atoms with Gasteiger partial charge < -0.3 is 15.1 Å². The summed E-state index contributed by atoms with van der Waals surface area (Å²) in [5.41, 5.74) is 2.24. The highest BCUT2D eigenvalue weighted by molar-refractivity contribution is 5.79. The second-order valence-electron chi connectivity index (χ2n) is 7.38. The molecule has 0 radical (unpaired) electrons. The van der Waals surface area contributed by atoms with Crippen LogP contribution in [-0.2, 0) is 11.2 Å². The van der Waals surface area contributed by atoms with Crippen molar-refractivity contribution in [2.75, 3.05) is 26.2 Å². The van der Waals surface area contributed by atoms with E-state index in [1.807, 2.05) is 41.0 Å². The molecule has 1 saturated heterocycles. The first kappa shape index (κ1) is 20.3. The van der Waals surface area contributed by atoms with Gasteiger partial charge >= 0.3 is 6.03 Å². The summed E-state index contributed by atoms with van der Waals surface area (Å²) >= 11 is 0. The minimum atomic E-state index is -0.000341. The van der Waals surface area contributed by atoms with Crippen LogP contribution in [0.3, 0.4) is 0 Å². The highest BCUT2D eigenvalue weighted by Crippen LogP contribution is 2.09. The quantitative estimate of drug-likeness (QED) is 0.759. The number of hydrogen-bond acceptors (Lipinski definition) is 2. The van der Waals surface area contributed by atoms with Crippen LogP contribution in [0.1, 0.15) is 50.7 Å². The molecule has 1 unspecified atom stereocenters. The van der Waals surface area contributed by atoms with E-state index in [0.29, 0.717) is 32.6 Å². The summed E-state index contributed by atoms with van der Waals surface area (Å²) in [4.78, 5) is 28.5. The molecule has 1 aliphatic rings. The third-order valence-corrected chi connectivity index (χ3v) is 5.01. The molecular formula is C21H33N3O2. The van der Waals surface area contributed by atoms with E-state index in [0.717, 1.165) is 18.4 Å². The molecule has 1 aliphatic heterocycles. The van der Waals surface area contributed by atoms with Crippen LogP contribution in [0.4, 0.5) is 4.79 Å². The van der Waals surface area contributed by atoms with E-state index in [-0.39, 0.29) is 18.0 Å². The van der Waals surface area contributed by atoms with Crippen molar-refractivity contribution in [3.8, 4) is 0 Å². The van der Waals surface area contributed by atoms with Gasteiger partial charge in [-0.15, -0.1) is 0 Å². The molecule has 0 bridgehead atoms. The van der Waals surface area contributed by atoms with Crippen molar-refractivity contribution in [1.29, 1.82) is 0 Å². The zero-order valence-corrected chi connectivity index (χ0v) is 16.5. The van der Waals surface area contributed by atoms with Crippen molar-refractivity contribution in [2.45, 2.75) is 58.9 Å². The zero-order chi connectivity index (χ0) is 18.9. The molecule has 0 spiro atoms. The number of hydrogen-bond donors (Lipinski definition) is 1. The Hall–Kier alpha value is -2.04. The Morgan fingerprint density at radius 1 is 1.04 bits per heavy atom. The van der Waals surface area contributed by atoms with Crippen LogP contribution in [0.25, 0.3) is 0 Å². The molecule has 1 heterocycles. The van der Waals surface area contributed by atoms with E-state index in [2.05, 4.69) is 19.2 Å². The van der Waals surface area contributed by atoms with Crippen LogP contribution < -0.4 is 5.32 Å². The lowest BCUT2D eigenvalue weighted by Crippen LogP contribution is -2.54. The Balaban J connectivity index is 1.72. The van der Waals surface area contributed by atoms with Crippen molar-refractivity contribution in [1.82, 2.24) is 15.1 Å². The first-order valence-corrected chi connectivity index (χ1v) is 9.88. The molecule has 1 aromatic rings. The fourth-order valence-electron chi connectivity index (χ4n) is 3.23. The Bertz CT molecular complexity index is 577. The van der Waals surface area contributed by atoms with Crippen LogP contribution >= 0.6 is 0 Å². The van der Waals surface area contributed by atoms with Gasteiger partial charge in [0, 0.05) is 32.2 Å². The van der Waals surface area contributed by atoms with Crippen molar-refractivity contribution in [3.63, 3.8) is 0 Å². The van der Waals surface area contributed by atoms with Crippen LogP contribution in [0, 0.1) is 6.92 Å². The maximum atomic E-state index is 12.5. The number of urea groups is 1. The summed E-state index contributed by atoms with van der Waals surface area (Å²) in [6.07, 6.45) is 5.01. The van der Waals surface area contributed by atoms with E-state index in [9.17, 15) is 9.59 Å². The van der Waals surface area contributed by atoms with Crippen molar-refractivity contribution < 1.29 is 9.59 Å². The van der Waals surface area contributed by atoms with Crippen molar-refractivity contribution in [2.24, 2.45) is 0 Å². The fraction of sp³-hybridized carbons (Fsp3) is 0.619. The lowest BCUT2D eigenvalue weighted by Gasteiger charge is -2.35. The molecule has 0 aromatic heterocycles. The fourth-order valence-corrected chi connectivity index (χ4v) is 3.23. The van der Waals surface area contributed by atoms with E-state index in [1.54, 1.807) is 0 Å². The molecule has 1 aromatic carbocycles. The number of benzene rings is 1. The summed E-state index contributed by atoms with van der Waals surface area (Å²) < 4.78 is 0. The Labute approximate surface area is 157 Å². The largest absolute Gasteiger partial charge is 0.339 e. The normalized spacial score (nSPS) is 15.7. The number of piperazine rings is 1. The Morgan fingerprint density at radius 2 is 1.65 bits per heavy atom. The van der Waals surface area contributed by atoms with Gasteiger partial charge in [-0.3, -0.25) is 4.79 Å². The molecule has 5 heteroatoms. The summed E-state index contributed by atoms with van der Waals surface area (Å²) in [7, 11) is 0. The third kappa shape index (κ3) is 6.36. The number of rotatable bonds is 7. The van der Waals surface area contributed by atoms with Gasteiger partial charge in [0.1, 0.15) is 0 Å². The number of aryl methyl sites for hydroxylation is 1. The maximum absolute atomic E-state index is 12.5. The second kappa shape index (κ2) is 10.2. The topological polar surface area (TPSA) is 52.7 Å². The number of carbonyl (C=O) groups is 2. The lowest BCUT2D eigenvalue weighted by atomic mass is 10.1. The molecule has 1 atom stereocenters. The standard InChI is InChI=1S/C21H33N3O2/c1-4-5-6-7-18(3)22-21(26)24-14-12-23(13-15-24)20(25)16-19-10-8-17(2)9-11-19/h8-11,18H,4-7,12-16H2,1-3H3,(H,22,26). The van der Waals surface area contributed by atoms with E-state index in [4.69, 9.17) is 0 Å². The monoisotopic (exact) mass is 359 g/mol. The molecule has 5 nitrogen and oxygen atoms in total. The van der Waals surface area contributed by atoms with Gasteiger partial charge in [0.15, 0.2) is 0 Å². The zero-order valence-electron chi connectivity index (χ0n) is 16.5. The molecule has 0 aliphatic carbocycles. The van der Waals surface area contributed by atoms with Gasteiger partial charge in [-0.2, -0.15) is 0 Å². The number of amides is 3. The van der Waals surface area contributed by atoms with Gasteiger partial charge in [-0.25, -0.2) is 4.79 Å². The van der Waals surface area contributed by atoms with Crippen molar-refractivity contribution in [3.05, 3.63) is 35.4 Å². The maximum Gasteiger partial charge on any atom is 0.317 e. The van der Waals surface area contributed by atoms with Gasteiger partial charge in [-0.1, -0.05) is 56.0 Å². The number of nitrogens with zero attached hydrogens (tertiary/aromatic N) is 2. The summed E-state index contributed by atoms with van der Waals surface area (Å²) in [6.45, 7) is 8.73. The molecule has 2 rings (SSSR count). The van der Waals surface area contributed by atoms with E-state index < -0.39 is 0 Å². The number of carbonyl (C=O) groups excluding carboxylic acids is 2. The average Bonchev–Trinajstić information content (AvgIpc) is 2.64. The lowest BCUT2D eigenvalue weighted by molar-refractivity contribution is -0.131. The smallest absolute Gasteiger partial charge is 0.317 e. The van der Waals surface area contributed by atoms with Gasteiger partial charge in [0.05, 0.1) is 6.42 Å². The minimum absolute atomic E-state index is 0.000341. The number of unbranched alkanes of at least 4 members (excludes halogenated alkanes) is 2. The Kier molecular flexibility index (Phi) is 7.95. The molecule has 26 heavy (non-hydrogen) atoms. The van der Waals surface area contributed by atoms with Crippen molar-refractivity contribution >= 4 is 11.9 Å². The highest BCUT2D eigenvalue weighted by atomic mass is 16.2. The first-order chi connectivity index (χ1) is 12.5. The van der Waals surface area contributed by atoms with Gasteiger partial charge in [-0.05, 0) is 25.8 Å². The van der Waals surface area contributed by atoms with E-state index >= 15 is 0 Å². The van der Waals surface area contributed by atoms with Crippen LogP contribution in [0.5, 0.6) is 0 Å².